The molecule has 0 amide bonds. The maximum atomic E-state index is 13.1. The summed E-state index contributed by atoms with van der Waals surface area (Å²) in [5, 5.41) is 17.2. The van der Waals surface area contributed by atoms with Gasteiger partial charge in [0, 0.05) is 23.3 Å². The molecule has 0 saturated carbocycles. The van der Waals surface area contributed by atoms with Gasteiger partial charge in [-0.2, -0.15) is 10.4 Å². The molecule has 2 aromatic rings. The van der Waals surface area contributed by atoms with Gasteiger partial charge < -0.3 is 10.1 Å². The Labute approximate surface area is 152 Å². The predicted molar refractivity (Wildman–Crippen MR) is 96.7 cm³/mol. The van der Waals surface area contributed by atoms with Crippen molar-refractivity contribution >= 4 is 11.6 Å². The third-order valence-corrected chi connectivity index (χ3v) is 5.06. The molecule has 0 bridgehead atoms. The van der Waals surface area contributed by atoms with Gasteiger partial charge in [-0.25, -0.2) is 4.68 Å². The van der Waals surface area contributed by atoms with E-state index in [1.807, 2.05) is 24.3 Å². The van der Waals surface area contributed by atoms with E-state index >= 15 is 0 Å². The number of nitriles is 1. The molecule has 2 aliphatic rings. The Morgan fingerprint density at radius 1 is 1.35 bits per heavy atom. The number of ether oxygens (including phenoxy) is 1. The van der Waals surface area contributed by atoms with Crippen LogP contribution in [0.4, 0.5) is 5.82 Å². The minimum absolute atomic E-state index is 0.110. The molecule has 0 spiro atoms. The molecule has 1 unspecified atom stereocenters. The number of methoxy groups -OCH3 is 1. The predicted octanol–water partition coefficient (Wildman–Crippen LogP) is 3.42. The molecule has 1 aromatic heterocycles. The van der Waals surface area contributed by atoms with Gasteiger partial charge in [0.05, 0.1) is 13.3 Å². The standard InChI is InChI=1S/C20H20N4O2/c1-20(2)8-14-17(15(25)9-20)18(13-6-4-5-7-16(13)26-3)24-19(23-14)12(10-21)11-22-24/h4-7,11,18,23H,8-9H2,1-3H3. The number of aromatic nitrogens is 2. The molecular weight excluding hydrogens is 328 g/mol. The summed E-state index contributed by atoms with van der Waals surface area (Å²) in [5.41, 5.74) is 2.81. The molecule has 2 heterocycles. The fraction of sp³-hybridized carbons (Fsp3) is 0.350. The lowest BCUT2D eigenvalue weighted by Crippen LogP contribution is -2.36. The molecule has 1 aromatic carbocycles. The molecule has 0 radical (unpaired) electrons. The minimum Gasteiger partial charge on any atom is -0.496 e. The molecule has 1 atom stereocenters. The first-order valence-corrected chi connectivity index (χ1v) is 8.59. The molecule has 132 valence electrons. The molecule has 1 N–H and O–H groups in total. The number of carbonyl (C=O) groups excluding carboxylic acids is 1. The number of hydrogen-bond donors (Lipinski definition) is 1. The molecular formula is C20H20N4O2. The number of nitrogens with one attached hydrogen (secondary N) is 1. The molecule has 6 nitrogen and oxygen atoms in total. The second-order valence-corrected chi connectivity index (χ2v) is 7.57. The van der Waals surface area contributed by atoms with Crippen LogP contribution in [0.1, 0.15) is 43.9 Å². The molecule has 1 aliphatic carbocycles. The largest absolute Gasteiger partial charge is 0.496 e. The average Bonchev–Trinajstić information content (AvgIpc) is 3.01. The summed E-state index contributed by atoms with van der Waals surface area (Å²) in [6.07, 6.45) is 2.77. The van der Waals surface area contributed by atoms with Crippen LogP contribution in [-0.2, 0) is 4.79 Å². The number of Topliss-reactive ketones (excluding diaryl/α,β-unsaturated/α-hetero) is 1. The van der Waals surface area contributed by atoms with Crippen molar-refractivity contribution in [2.45, 2.75) is 32.7 Å². The first-order chi connectivity index (χ1) is 12.4. The van der Waals surface area contributed by atoms with Crippen LogP contribution in [0.25, 0.3) is 0 Å². The Bertz CT molecular complexity index is 978. The van der Waals surface area contributed by atoms with Crippen molar-refractivity contribution in [3.8, 4) is 11.8 Å². The van der Waals surface area contributed by atoms with Gasteiger partial charge >= 0.3 is 0 Å². The summed E-state index contributed by atoms with van der Waals surface area (Å²) in [7, 11) is 1.62. The highest BCUT2D eigenvalue weighted by molar-refractivity contribution is 6.00. The zero-order valence-corrected chi connectivity index (χ0v) is 15.0. The van der Waals surface area contributed by atoms with Crippen molar-refractivity contribution in [3.63, 3.8) is 0 Å². The monoisotopic (exact) mass is 348 g/mol. The van der Waals surface area contributed by atoms with Crippen LogP contribution in [-0.4, -0.2) is 22.7 Å². The fourth-order valence-electron chi connectivity index (χ4n) is 3.97. The highest BCUT2D eigenvalue weighted by atomic mass is 16.5. The van der Waals surface area contributed by atoms with Crippen molar-refractivity contribution in [3.05, 3.63) is 52.9 Å². The maximum Gasteiger partial charge on any atom is 0.163 e. The van der Waals surface area contributed by atoms with E-state index in [0.29, 0.717) is 29.1 Å². The van der Waals surface area contributed by atoms with E-state index in [-0.39, 0.29) is 11.2 Å². The van der Waals surface area contributed by atoms with Crippen LogP contribution in [0.3, 0.4) is 0 Å². The minimum atomic E-state index is -0.400. The topological polar surface area (TPSA) is 79.9 Å². The van der Waals surface area contributed by atoms with E-state index in [1.165, 1.54) is 0 Å². The van der Waals surface area contributed by atoms with Gasteiger partial charge in [-0.3, -0.25) is 4.79 Å². The van der Waals surface area contributed by atoms with E-state index in [0.717, 1.165) is 17.7 Å². The number of para-hydroxylation sites is 1. The van der Waals surface area contributed by atoms with Crippen LogP contribution in [0.5, 0.6) is 5.75 Å². The average molecular weight is 348 g/mol. The molecule has 0 saturated heterocycles. The molecule has 6 heteroatoms. The van der Waals surface area contributed by atoms with Crippen LogP contribution in [0.2, 0.25) is 0 Å². The van der Waals surface area contributed by atoms with Gasteiger partial charge in [-0.1, -0.05) is 32.0 Å². The Morgan fingerprint density at radius 2 is 2.12 bits per heavy atom. The van der Waals surface area contributed by atoms with Crippen molar-refractivity contribution < 1.29 is 9.53 Å². The first-order valence-electron chi connectivity index (χ1n) is 8.59. The van der Waals surface area contributed by atoms with Gasteiger partial charge in [0.2, 0.25) is 0 Å². The van der Waals surface area contributed by atoms with E-state index in [2.05, 4.69) is 30.3 Å². The molecule has 26 heavy (non-hydrogen) atoms. The maximum absolute atomic E-state index is 13.1. The number of anilines is 1. The van der Waals surface area contributed by atoms with Crippen molar-refractivity contribution in [2.75, 3.05) is 12.4 Å². The highest BCUT2D eigenvalue weighted by Crippen LogP contribution is 2.47. The van der Waals surface area contributed by atoms with Crippen molar-refractivity contribution in [1.82, 2.24) is 9.78 Å². The van der Waals surface area contributed by atoms with Crippen molar-refractivity contribution in [1.29, 1.82) is 5.26 Å². The smallest absolute Gasteiger partial charge is 0.163 e. The zero-order valence-electron chi connectivity index (χ0n) is 15.0. The number of benzene rings is 1. The summed E-state index contributed by atoms with van der Waals surface area (Å²) in [6, 6.07) is 9.43. The summed E-state index contributed by atoms with van der Waals surface area (Å²) in [5.74, 6) is 1.44. The van der Waals surface area contributed by atoms with Crippen LogP contribution in [0, 0.1) is 16.7 Å². The second-order valence-electron chi connectivity index (χ2n) is 7.57. The summed E-state index contributed by atoms with van der Waals surface area (Å²) >= 11 is 0. The molecule has 4 rings (SSSR count). The lowest BCUT2D eigenvalue weighted by atomic mass is 9.73. The zero-order chi connectivity index (χ0) is 18.5. The van der Waals surface area contributed by atoms with E-state index in [9.17, 15) is 10.1 Å². The molecule has 1 aliphatic heterocycles. The third-order valence-electron chi connectivity index (χ3n) is 5.06. The molecule has 0 fully saturated rings. The van der Waals surface area contributed by atoms with Gasteiger partial charge in [0.25, 0.3) is 0 Å². The van der Waals surface area contributed by atoms with Gasteiger partial charge in [-0.15, -0.1) is 0 Å². The van der Waals surface area contributed by atoms with Crippen molar-refractivity contribution in [2.24, 2.45) is 5.41 Å². The van der Waals surface area contributed by atoms with E-state index in [4.69, 9.17) is 4.74 Å². The third kappa shape index (κ3) is 2.39. The van der Waals surface area contributed by atoms with Gasteiger partial charge in [-0.05, 0) is 17.9 Å². The highest BCUT2D eigenvalue weighted by Gasteiger charge is 2.42. The summed E-state index contributed by atoms with van der Waals surface area (Å²) in [6.45, 7) is 4.18. The number of nitrogens with zero attached hydrogens (tertiary/aromatic N) is 3. The normalized spacial score (nSPS) is 20.7. The number of ketones is 1. The number of carbonyl (C=O) groups is 1. The lowest BCUT2D eigenvalue weighted by Gasteiger charge is -2.39. The van der Waals surface area contributed by atoms with E-state index in [1.54, 1.807) is 18.0 Å². The van der Waals surface area contributed by atoms with Crippen LogP contribution in [0.15, 0.2) is 41.7 Å². The first kappa shape index (κ1) is 16.4. The number of hydrogen-bond acceptors (Lipinski definition) is 5. The number of allylic oxidation sites excluding steroid dienone is 2. The van der Waals surface area contributed by atoms with Crippen LogP contribution < -0.4 is 10.1 Å². The Hall–Kier alpha value is -3.07. The van der Waals surface area contributed by atoms with Gasteiger partial charge in [0.1, 0.15) is 29.2 Å². The fourth-order valence-corrected chi connectivity index (χ4v) is 3.97. The Morgan fingerprint density at radius 3 is 2.85 bits per heavy atom. The van der Waals surface area contributed by atoms with Gasteiger partial charge in [0.15, 0.2) is 5.78 Å². The quantitative estimate of drug-likeness (QED) is 0.899. The van der Waals surface area contributed by atoms with E-state index < -0.39 is 6.04 Å². The number of rotatable bonds is 2. The SMILES string of the molecule is COc1ccccc1C1C2=C(CC(C)(C)CC2=O)Nc2c(C#N)cnn21. The lowest BCUT2D eigenvalue weighted by molar-refractivity contribution is -0.118. The summed E-state index contributed by atoms with van der Waals surface area (Å²) in [4.78, 5) is 13.1. The second kappa shape index (κ2) is 5.73. The van der Waals surface area contributed by atoms with Crippen LogP contribution >= 0.6 is 0 Å². The Balaban J connectivity index is 1.98. The Kier molecular flexibility index (Phi) is 3.62. The number of fused-ring (bicyclic) bond motifs is 1. The summed E-state index contributed by atoms with van der Waals surface area (Å²) < 4.78 is 7.27.